The van der Waals surface area contributed by atoms with Crippen LogP contribution in [0, 0.1) is 5.92 Å². The third kappa shape index (κ3) is 2.98. The van der Waals surface area contributed by atoms with Gasteiger partial charge in [-0.3, -0.25) is 4.79 Å². The average Bonchev–Trinajstić information content (AvgIpc) is 3.10. The molecule has 0 atom stereocenters. The number of nitrogens with two attached hydrogens (primary N) is 2. The summed E-state index contributed by atoms with van der Waals surface area (Å²) in [6.07, 6.45) is 2.37. The topological polar surface area (TPSA) is 107 Å². The molecule has 1 amide bonds. The predicted molar refractivity (Wildman–Crippen MR) is 74.4 cm³/mol. The second-order valence-corrected chi connectivity index (χ2v) is 5.48. The monoisotopic (exact) mass is 283 g/mol. The third-order valence-corrected chi connectivity index (χ3v) is 4.07. The molecule has 0 saturated heterocycles. The van der Waals surface area contributed by atoms with Crippen molar-refractivity contribution in [3.8, 4) is 0 Å². The van der Waals surface area contributed by atoms with E-state index in [4.69, 9.17) is 16.2 Å². The number of carbonyl (C=O) groups excluding carboxylic acids is 2. The van der Waals surface area contributed by atoms with Crippen LogP contribution in [-0.4, -0.2) is 25.0 Å². The van der Waals surface area contributed by atoms with Crippen LogP contribution in [0.15, 0.2) is 0 Å². The zero-order valence-electron chi connectivity index (χ0n) is 10.7. The first-order valence-corrected chi connectivity index (χ1v) is 6.99. The van der Waals surface area contributed by atoms with Crippen LogP contribution >= 0.6 is 11.3 Å². The lowest BCUT2D eigenvalue weighted by atomic mass is 10.2. The maximum absolute atomic E-state index is 11.9. The summed E-state index contributed by atoms with van der Waals surface area (Å²) < 4.78 is 4.96. The molecule has 1 saturated carbocycles. The minimum Gasteiger partial charge on any atom is -0.462 e. The van der Waals surface area contributed by atoms with Gasteiger partial charge in [-0.2, -0.15) is 0 Å². The Labute approximate surface area is 115 Å². The van der Waals surface area contributed by atoms with E-state index in [9.17, 15) is 9.59 Å². The van der Waals surface area contributed by atoms with Crippen LogP contribution in [0.3, 0.4) is 0 Å². The normalized spacial score (nSPS) is 14.2. The molecule has 1 aliphatic rings. The molecule has 0 spiro atoms. The molecule has 1 aliphatic carbocycles. The van der Waals surface area contributed by atoms with Crippen LogP contribution in [0.2, 0.25) is 0 Å². The quantitative estimate of drug-likeness (QED) is 0.684. The van der Waals surface area contributed by atoms with E-state index in [2.05, 4.69) is 5.32 Å². The predicted octanol–water partition coefficient (Wildman–Crippen LogP) is 1.43. The number of nitrogen functional groups attached to an aromatic ring is 1. The summed E-state index contributed by atoms with van der Waals surface area (Å²) in [5.41, 5.74) is 11.4. The number of primary amides is 1. The highest BCUT2D eigenvalue weighted by Gasteiger charge is 2.27. The fraction of sp³-hybridized carbons (Fsp3) is 0.500. The molecular formula is C12H17N3O3S. The highest BCUT2D eigenvalue weighted by molar-refractivity contribution is 7.19. The second kappa shape index (κ2) is 5.48. The van der Waals surface area contributed by atoms with Gasteiger partial charge in [0.1, 0.15) is 15.4 Å². The number of hydrogen-bond acceptors (Lipinski definition) is 6. The van der Waals surface area contributed by atoms with E-state index < -0.39 is 11.9 Å². The maximum Gasteiger partial charge on any atom is 0.343 e. The molecule has 2 rings (SSSR count). The van der Waals surface area contributed by atoms with Crippen molar-refractivity contribution in [1.29, 1.82) is 0 Å². The van der Waals surface area contributed by atoms with E-state index in [0.29, 0.717) is 10.9 Å². The first-order valence-electron chi connectivity index (χ1n) is 6.17. The molecule has 0 radical (unpaired) electrons. The Balaban J connectivity index is 2.28. The second-order valence-electron chi connectivity index (χ2n) is 4.46. The van der Waals surface area contributed by atoms with Crippen molar-refractivity contribution in [2.75, 3.05) is 24.2 Å². The SMILES string of the molecule is CCOC(=O)c1c(NCC2CC2)sc(C(N)=O)c1N. The standard InChI is InChI=1S/C12H17N3O3S/c1-2-18-12(17)7-8(13)9(10(14)16)19-11(7)15-5-6-3-4-6/h6,15H,2-5,13H2,1H3,(H2,14,16). The van der Waals surface area contributed by atoms with E-state index in [-0.39, 0.29) is 22.7 Å². The molecule has 1 aromatic rings. The Morgan fingerprint density at radius 2 is 2.16 bits per heavy atom. The third-order valence-electron chi connectivity index (χ3n) is 2.90. The van der Waals surface area contributed by atoms with Crippen molar-refractivity contribution in [3.05, 3.63) is 10.4 Å². The number of esters is 1. The van der Waals surface area contributed by atoms with Crippen LogP contribution in [0.5, 0.6) is 0 Å². The lowest BCUT2D eigenvalue weighted by Gasteiger charge is -2.06. The fourth-order valence-corrected chi connectivity index (χ4v) is 2.68. The number of nitrogens with one attached hydrogen (secondary N) is 1. The number of rotatable bonds is 6. The molecule has 0 aliphatic heterocycles. The number of thiophene rings is 1. The van der Waals surface area contributed by atoms with Crippen molar-refractivity contribution in [2.24, 2.45) is 11.7 Å². The Hall–Kier alpha value is -1.76. The molecule has 0 aromatic carbocycles. The van der Waals surface area contributed by atoms with Gasteiger partial charge < -0.3 is 21.5 Å². The van der Waals surface area contributed by atoms with Crippen molar-refractivity contribution in [3.63, 3.8) is 0 Å². The highest BCUT2D eigenvalue weighted by atomic mass is 32.1. The number of amides is 1. The van der Waals surface area contributed by atoms with Gasteiger partial charge in [0.05, 0.1) is 12.3 Å². The van der Waals surface area contributed by atoms with Gasteiger partial charge in [0.25, 0.3) is 5.91 Å². The molecular weight excluding hydrogens is 266 g/mol. The highest BCUT2D eigenvalue weighted by Crippen LogP contribution is 2.37. The first kappa shape index (κ1) is 13.7. The summed E-state index contributed by atoms with van der Waals surface area (Å²) in [6, 6.07) is 0. The maximum atomic E-state index is 11.9. The molecule has 0 unspecified atom stereocenters. The molecule has 104 valence electrons. The summed E-state index contributed by atoms with van der Waals surface area (Å²) in [5.74, 6) is -0.523. The molecule has 6 nitrogen and oxygen atoms in total. The zero-order valence-corrected chi connectivity index (χ0v) is 11.5. The Morgan fingerprint density at radius 3 is 2.68 bits per heavy atom. The van der Waals surface area contributed by atoms with Crippen molar-refractivity contribution >= 4 is 33.9 Å². The number of anilines is 2. The summed E-state index contributed by atoms with van der Waals surface area (Å²) in [7, 11) is 0. The molecule has 1 aromatic heterocycles. The first-order chi connectivity index (χ1) is 9.04. The Kier molecular flexibility index (Phi) is 3.94. The summed E-state index contributed by atoms with van der Waals surface area (Å²) in [6.45, 7) is 2.74. The summed E-state index contributed by atoms with van der Waals surface area (Å²) >= 11 is 1.11. The summed E-state index contributed by atoms with van der Waals surface area (Å²) in [4.78, 5) is 23.4. The van der Waals surface area contributed by atoms with Gasteiger partial charge in [-0.05, 0) is 25.7 Å². The Morgan fingerprint density at radius 1 is 1.47 bits per heavy atom. The van der Waals surface area contributed by atoms with Crippen LogP contribution < -0.4 is 16.8 Å². The minimum atomic E-state index is -0.632. The van der Waals surface area contributed by atoms with Gasteiger partial charge in [0.2, 0.25) is 0 Å². The zero-order chi connectivity index (χ0) is 14.0. The minimum absolute atomic E-state index is 0.106. The fourth-order valence-electron chi connectivity index (χ4n) is 1.72. The molecule has 7 heteroatoms. The molecule has 19 heavy (non-hydrogen) atoms. The van der Waals surface area contributed by atoms with Gasteiger partial charge in [-0.1, -0.05) is 0 Å². The van der Waals surface area contributed by atoms with Gasteiger partial charge in [0, 0.05) is 6.54 Å². The molecule has 0 bridgehead atoms. The van der Waals surface area contributed by atoms with Crippen molar-refractivity contribution in [1.82, 2.24) is 0 Å². The van der Waals surface area contributed by atoms with E-state index in [0.717, 1.165) is 17.9 Å². The van der Waals surface area contributed by atoms with E-state index >= 15 is 0 Å². The van der Waals surface area contributed by atoms with E-state index in [1.54, 1.807) is 6.92 Å². The molecule has 1 fully saturated rings. The van der Waals surface area contributed by atoms with Crippen LogP contribution in [-0.2, 0) is 4.74 Å². The van der Waals surface area contributed by atoms with Crippen molar-refractivity contribution in [2.45, 2.75) is 19.8 Å². The van der Waals surface area contributed by atoms with Gasteiger partial charge in [-0.25, -0.2) is 4.79 Å². The lowest BCUT2D eigenvalue weighted by molar-refractivity contribution is 0.0529. The number of ether oxygens (including phenoxy) is 1. The van der Waals surface area contributed by atoms with Crippen LogP contribution in [0.4, 0.5) is 10.7 Å². The van der Waals surface area contributed by atoms with Gasteiger partial charge in [-0.15, -0.1) is 11.3 Å². The van der Waals surface area contributed by atoms with Crippen LogP contribution in [0.1, 0.15) is 39.8 Å². The Bertz CT molecular complexity index is 509. The van der Waals surface area contributed by atoms with Gasteiger partial charge >= 0.3 is 5.97 Å². The lowest BCUT2D eigenvalue weighted by Crippen LogP contribution is -2.13. The smallest absolute Gasteiger partial charge is 0.343 e. The largest absolute Gasteiger partial charge is 0.462 e. The number of carbonyl (C=O) groups is 2. The van der Waals surface area contributed by atoms with Crippen molar-refractivity contribution < 1.29 is 14.3 Å². The average molecular weight is 283 g/mol. The summed E-state index contributed by atoms with van der Waals surface area (Å²) in [5, 5.41) is 3.73. The number of hydrogen-bond donors (Lipinski definition) is 3. The molecule has 5 N–H and O–H groups in total. The van der Waals surface area contributed by atoms with E-state index in [1.807, 2.05) is 0 Å². The van der Waals surface area contributed by atoms with Crippen LogP contribution in [0.25, 0.3) is 0 Å². The van der Waals surface area contributed by atoms with E-state index in [1.165, 1.54) is 12.8 Å². The molecule has 1 heterocycles. The van der Waals surface area contributed by atoms with Gasteiger partial charge in [0.15, 0.2) is 0 Å².